The fourth-order valence-electron chi connectivity index (χ4n) is 2.04. The zero-order valence-electron chi connectivity index (χ0n) is 6.90. The van der Waals surface area contributed by atoms with E-state index in [2.05, 4.69) is 12.6 Å². The molecule has 0 aromatic carbocycles. The van der Waals surface area contributed by atoms with Gasteiger partial charge < -0.3 is 4.90 Å². The van der Waals surface area contributed by atoms with Crippen LogP contribution in [0, 0.1) is 5.92 Å². The van der Waals surface area contributed by atoms with Gasteiger partial charge in [0.15, 0.2) is 0 Å². The van der Waals surface area contributed by atoms with Gasteiger partial charge in [-0.15, -0.1) is 0 Å². The molecule has 2 heterocycles. The van der Waals surface area contributed by atoms with E-state index in [1.165, 1.54) is 18.2 Å². The number of rotatable bonds is 1. The first kappa shape index (κ1) is 8.75. The number of piperidine rings is 1. The summed E-state index contributed by atoms with van der Waals surface area (Å²) < 4.78 is 0. The normalized spacial score (nSPS) is 35.4. The van der Waals surface area contributed by atoms with Crippen LogP contribution in [0.3, 0.4) is 0 Å². The van der Waals surface area contributed by atoms with E-state index in [0.29, 0.717) is 12.0 Å². The van der Waals surface area contributed by atoms with Crippen LogP contribution in [0.15, 0.2) is 0 Å². The Morgan fingerprint density at radius 2 is 2.50 bits per heavy atom. The maximum absolute atomic E-state index is 11.3. The Morgan fingerprint density at radius 1 is 1.67 bits per heavy atom. The summed E-state index contributed by atoms with van der Waals surface area (Å²) in [4.78, 5) is 13.4. The SMILES string of the molecule is O=C1SC[C@H]2[C@@H](CS)CCCN12. The molecule has 0 bridgehead atoms. The molecule has 2 rings (SSSR count). The van der Waals surface area contributed by atoms with Crippen molar-refractivity contribution in [2.45, 2.75) is 18.9 Å². The van der Waals surface area contributed by atoms with Crippen molar-refractivity contribution in [1.82, 2.24) is 4.90 Å². The number of carbonyl (C=O) groups excluding carboxylic acids is 1. The maximum Gasteiger partial charge on any atom is 0.281 e. The maximum atomic E-state index is 11.3. The lowest BCUT2D eigenvalue weighted by Crippen LogP contribution is -2.44. The van der Waals surface area contributed by atoms with Crippen LogP contribution in [-0.4, -0.2) is 34.2 Å². The van der Waals surface area contributed by atoms with Crippen molar-refractivity contribution in [2.24, 2.45) is 5.92 Å². The van der Waals surface area contributed by atoms with Crippen LogP contribution in [0.5, 0.6) is 0 Å². The van der Waals surface area contributed by atoms with E-state index in [4.69, 9.17) is 0 Å². The molecule has 12 heavy (non-hydrogen) atoms. The van der Waals surface area contributed by atoms with Crippen molar-refractivity contribution in [3.63, 3.8) is 0 Å². The Bertz CT molecular complexity index is 197. The number of thioether (sulfide) groups is 1. The van der Waals surface area contributed by atoms with E-state index < -0.39 is 0 Å². The molecule has 2 fully saturated rings. The van der Waals surface area contributed by atoms with Crippen LogP contribution < -0.4 is 0 Å². The summed E-state index contributed by atoms with van der Waals surface area (Å²) in [6.07, 6.45) is 2.41. The fraction of sp³-hybridized carbons (Fsp3) is 0.875. The molecule has 2 aliphatic heterocycles. The molecule has 2 saturated heterocycles. The molecule has 4 heteroatoms. The largest absolute Gasteiger partial charge is 0.329 e. The van der Waals surface area contributed by atoms with Gasteiger partial charge in [-0.25, -0.2) is 0 Å². The Balaban J connectivity index is 2.09. The monoisotopic (exact) mass is 203 g/mol. The number of nitrogens with zero attached hydrogens (tertiary/aromatic N) is 1. The lowest BCUT2D eigenvalue weighted by atomic mass is 9.92. The molecule has 0 saturated carbocycles. The molecule has 2 atom stereocenters. The average Bonchev–Trinajstić information content (AvgIpc) is 2.48. The van der Waals surface area contributed by atoms with Gasteiger partial charge in [-0.2, -0.15) is 12.6 Å². The van der Waals surface area contributed by atoms with Crippen LogP contribution in [0.1, 0.15) is 12.8 Å². The Labute approximate surface area is 82.5 Å². The summed E-state index contributed by atoms with van der Waals surface area (Å²) in [6, 6.07) is 0.494. The highest BCUT2D eigenvalue weighted by Gasteiger charge is 2.38. The topological polar surface area (TPSA) is 20.3 Å². The minimum Gasteiger partial charge on any atom is -0.329 e. The molecular formula is C8H13NOS2. The predicted molar refractivity (Wildman–Crippen MR) is 54.9 cm³/mol. The lowest BCUT2D eigenvalue weighted by molar-refractivity contribution is 0.159. The fourth-order valence-corrected chi connectivity index (χ4v) is 3.63. The summed E-state index contributed by atoms with van der Waals surface area (Å²) in [5.41, 5.74) is 0. The smallest absolute Gasteiger partial charge is 0.281 e. The summed E-state index contributed by atoms with van der Waals surface area (Å²) in [7, 11) is 0. The van der Waals surface area contributed by atoms with Gasteiger partial charge in [0.2, 0.25) is 0 Å². The van der Waals surface area contributed by atoms with Crippen molar-refractivity contribution in [3.05, 3.63) is 0 Å². The Hall–Kier alpha value is 0.170. The number of hydrogen-bond acceptors (Lipinski definition) is 3. The van der Waals surface area contributed by atoms with Gasteiger partial charge in [-0.3, -0.25) is 4.79 Å². The molecule has 1 amide bonds. The van der Waals surface area contributed by atoms with Gasteiger partial charge >= 0.3 is 0 Å². The third kappa shape index (κ3) is 1.35. The van der Waals surface area contributed by atoms with Crippen LogP contribution in [0.2, 0.25) is 0 Å². The van der Waals surface area contributed by atoms with Crippen molar-refractivity contribution < 1.29 is 4.79 Å². The highest BCUT2D eigenvalue weighted by Crippen LogP contribution is 2.34. The van der Waals surface area contributed by atoms with E-state index in [1.54, 1.807) is 0 Å². The van der Waals surface area contributed by atoms with Crippen LogP contribution in [-0.2, 0) is 0 Å². The molecule has 0 aromatic heterocycles. The third-order valence-electron chi connectivity index (χ3n) is 2.77. The quantitative estimate of drug-likeness (QED) is 0.657. The van der Waals surface area contributed by atoms with Gasteiger partial charge in [0, 0.05) is 18.3 Å². The van der Waals surface area contributed by atoms with Crippen molar-refractivity contribution in [1.29, 1.82) is 0 Å². The van der Waals surface area contributed by atoms with E-state index in [0.717, 1.165) is 24.5 Å². The second-order valence-electron chi connectivity index (χ2n) is 3.42. The minimum atomic E-state index is 0.284. The third-order valence-corrected chi connectivity index (χ3v) is 4.22. The minimum absolute atomic E-state index is 0.284. The van der Waals surface area contributed by atoms with E-state index in [1.807, 2.05) is 4.90 Å². The number of thiol groups is 1. The average molecular weight is 203 g/mol. The van der Waals surface area contributed by atoms with Gasteiger partial charge in [0.25, 0.3) is 5.24 Å². The molecule has 2 nitrogen and oxygen atoms in total. The standard InChI is InChI=1S/C8H13NOS2/c10-8-9-3-1-2-6(4-11)7(9)5-12-8/h6-7,11H,1-5H2/t6-,7+/m1/s1. The lowest BCUT2D eigenvalue weighted by Gasteiger charge is -2.35. The van der Waals surface area contributed by atoms with E-state index >= 15 is 0 Å². The molecule has 0 aliphatic carbocycles. The van der Waals surface area contributed by atoms with Crippen LogP contribution in [0.25, 0.3) is 0 Å². The van der Waals surface area contributed by atoms with Crippen molar-refractivity contribution in [2.75, 3.05) is 18.1 Å². The highest BCUT2D eigenvalue weighted by atomic mass is 32.2. The molecule has 68 valence electrons. The second-order valence-corrected chi connectivity index (χ2v) is 4.76. The first-order chi connectivity index (χ1) is 5.83. The molecule has 2 aliphatic rings. The van der Waals surface area contributed by atoms with Crippen LogP contribution >= 0.6 is 24.4 Å². The zero-order valence-corrected chi connectivity index (χ0v) is 8.61. The van der Waals surface area contributed by atoms with E-state index in [9.17, 15) is 4.79 Å². The second kappa shape index (κ2) is 3.50. The van der Waals surface area contributed by atoms with Gasteiger partial charge in [-0.05, 0) is 24.5 Å². The number of amides is 1. The molecule has 0 aromatic rings. The predicted octanol–water partition coefficient (Wildman–Crippen LogP) is 1.86. The number of carbonyl (C=O) groups is 1. The summed E-state index contributed by atoms with van der Waals surface area (Å²) in [5, 5.41) is 0.284. The summed E-state index contributed by atoms with van der Waals surface area (Å²) >= 11 is 5.80. The molecular weight excluding hydrogens is 190 g/mol. The Morgan fingerprint density at radius 3 is 3.25 bits per heavy atom. The first-order valence-electron chi connectivity index (χ1n) is 4.37. The number of hydrogen-bond donors (Lipinski definition) is 1. The number of fused-ring (bicyclic) bond motifs is 1. The molecule has 0 radical (unpaired) electrons. The molecule has 0 unspecified atom stereocenters. The summed E-state index contributed by atoms with van der Waals surface area (Å²) in [6.45, 7) is 0.973. The van der Waals surface area contributed by atoms with E-state index in [-0.39, 0.29) is 5.24 Å². The van der Waals surface area contributed by atoms with Crippen molar-refractivity contribution in [3.8, 4) is 0 Å². The van der Waals surface area contributed by atoms with Gasteiger partial charge in [0.1, 0.15) is 0 Å². The first-order valence-corrected chi connectivity index (χ1v) is 5.99. The van der Waals surface area contributed by atoms with Crippen molar-refractivity contribution >= 4 is 29.6 Å². The Kier molecular flexibility index (Phi) is 2.55. The van der Waals surface area contributed by atoms with Gasteiger partial charge in [0.05, 0.1) is 0 Å². The highest BCUT2D eigenvalue weighted by molar-refractivity contribution is 8.13. The summed E-state index contributed by atoms with van der Waals surface area (Å²) in [5.74, 6) is 2.56. The zero-order chi connectivity index (χ0) is 8.55. The molecule has 0 N–H and O–H groups in total. The molecule has 0 spiro atoms. The van der Waals surface area contributed by atoms with Crippen LogP contribution in [0.4, 0.5) is 4.79 Å². The van der Waals surface area contributed by atoms with Gasteiger partial charge in [-0.1, -0.05) is 11.8 Å².